The lowest BCUT2D eigenvalue weighted by molar-refractivity contribution is -0.170. The Kier molecular flexibility index (Phi) is 19.6. The normalized spacial score (nSPS) is 25.7. The molecule has 2 aliphatic heterocycles. The predicted molar refractivity (Wildman–Crippen MR) is 241 cm³/mol. The number of aliphatic hydroxyl groups is 2. The SMILES string of the molecule is CCC(C)C1NC(=O)C(Cc2ccc(OC)cc2)N(C)C(=O)C(C(C)O)N2C(=O)C(CCC2O)NC(=O)C(CCc2ccc(O)cc2)NC(=O)C(NC(=O)C(CCC(N)=O)NC=O)C(C)OC1=O. The van der Waals surface area contributed by atoms with E-state index in [1.54, 1.807) is 50.2 Å². The summed E-state index contributed by atoms with van der Waals surface area (Å²) in [4.78, 5) is 125. The summed E-state index contributed by atoms with van der Waals surface area (Å²) in [7, 11) is 2.74. The highest BCUT2D eigenvalue weighted by Gasteiger charge is 2.47. The van der Waals surface area contributed by atoms with Crippen molar-refractivity contribution in [1.29, 1.82) is 0 Å². The van der Waals surface area contributed by atoms with Crippen LogP contribution in [0.1, 0.15) is 77.3 Å². The molecule has 22 nitrogen and oxygen atoms in total. The fourth-order valence-corrected chi connectivity index (χ4v) is 8.00. The van der Waals surface area contributed by atoms with Crippen LogP contribution in [0.4, 0.5) is 0 Å². The number of benzene rings is 2. The third-order valence-electron chi connectivity index (χ3n) is 12.3. The van der Waals surface area contributed by atoms with Crippen LogP contribution in [0, 0.1) is 5.92 Å². The highest BCUT2D eigenvalue weighted by Crippen LogP contribution is 2.25. The fourth-order valence-electron chi connectivity index (χ4n) is 8.00. The molecule has 372 valence electrons. The van der Waals surface area contributed by atoms with E-state index in [1.165, 1.54) is 40.1 Å². The zero-order chi connectivity index (χ0) is 50.4. The fraction of sp³-hybridized carbons (Fsp3) is 0.543. The standard InChI is InChI=1S/C46H64N8O14/c1-7-24(2)37-46(66)68-26(4)38(52-40(60)31(48-23-55)18-20-35(47)58)43(63)49-32(17-12-27-8-13-29(57)14-9-27)41(61)50-33-19-21-36(59)54(44(33)64)39(25(3)56)45(65)53(5)34(42(62)51-37)22-28-10-15-30(67-6)16-11-28/h8-11,13-16,23-26,31-34,36-39,56-57,59H,7,12,17-22H2,1-6H3,(H2,47,58)(H,48,55)(H,49,63)(H,50,61)(H,51,62)(H,52,60). The summed E-state index contributed by atoms with van der Waals surface area (Å²) in [6.45, 7) is 5.87. The van der Waals surface area contributed by atoms with Gasteiger partial charge in [-0.15, -0.1) is 0 Å². The van der Waals surface area contributed by atoms with Gasteiger partial charge in [0.2, 0.25) is 47.8 Å². The van der Waals surface area contributed by atoms with E-state index in [1.807, 2.05) is 0 Å². The minimum Gasteiger partial charge on any atom is -0.508 e. The highest BCUT2D eigenvalue weighted by molar-refractivity contribution is 5.98. The molecule has 0 spiro atoms. The number of rotatable bonds is 16. The van der Waals surface area contributed by atoms with Crippen molar-refractivity contribution in [2.45, 2.75) is 140 Å². The number of carbonyl (C=O) groups excluding carboxylic acids is 9. The van der Waals surface area contributed by atoms with Gasteiger partial charge in [0.15, 0.2) is 0 Å². The molecule has 11 unspecified atom stereocenters. The molecule has 2 fully saturated rings. The van der Waals surface area contributed by atoms with Crippen LogP contribution in [0.15, 0.2) is 48.5 Å². The Labute approximate surface area is 394 Å². The molecular formula is C46H64N8O14. The number of phenolic OH excluding ortho intramolecular Hbond substituents is 1. The van der Waals surface area contributed by atoms with Crippen molar-refractivity contribution in [3.05, 3.63) is 59.7 Å². The lowest BCUT2D eigenvalue weighted by atomic mass is 9.96. The van der Waals surface area contributed by atoms with Crippen molar-refractivity contribution in [1.82, 2.24) is 36.4 Å². The second-order valence-corrected chi connectivity index (χ2v) is 17.2. The van der Waals surface area contributed by atoms with E-state index in [4.69, 9.17) is 15.2 Å². The number of hydrogen-bond acceptors (Lipinski definition) is 14. The van der Waals surface area contributed by atoms with Crippen LogP contribution in [0.2, 0.25) is 0 Å². The lowest BCUT2D eigenvalue weighted by Gasteiger charge is -2.43. The first-order chi connectivity index (χ1) is 32.2. The van der Waals surface area contributed by atoms with Gasteiger partial charge in [-0.05, 0) is 87.3 Å². The molecule has 2 aliphatic rings. The first-order valence-electron chi connectivity index (χ1n) is 22.5. The van der Waals surface area contributed by atoms with E-state index >= 15 is 0 Å². The monoisotopic (exact) mass is 952 g/mol. The molecule has 0 saturated carbocycles. The van der Waals surface area contributed by atoms with Crippen LogP contribution in [-0.2, 0) is 60.7 Å². The summed E-state index contributed by atoms with van der Waals surface area (Å²) >= 11 is 0. The molecule has 0 aromatic heterocycles. The van der Waals surface area contributed by atoms with Crippen LogP contribution in [0.5, 0.6) is 11.5 Å². The number of aromatic hydroxyl groups is 1. The van der Waals surface area contributed by atoms with E-state index in [0.29, 0.717) is 23.3 Å². The highest BCUT2D eigenvalue weighted by atomic mass is 16.5. The maximum absolute atomic E-state index is 14.7. The van der Waals surface area contributed by atoms with Crippen molar-refractivity contribution in [3.8, 4) is 11.5 Å². The molecule has 11 atom stereocenters. The molecule has 22 heteroatoms. The third kappa shape index (κ3) is 14.1. The van der Waals surface area contributed by atoms with Gasteiger partial charge in [-0.2, -0.15) is 0 Å². The number of primary amides is 1. The number of hydrogen-bond donors (Lipinski definition) is 9. The molecule has 68 heavy (non-hydrogen) atoms. The molecule has 2 saturated heterocycles. The van der Waals surface area contributed by atoms with Crippen LogP contribution in [0.3, 0.4) is 0 Å². The molecule has 0 radical (unpaired) electrons. The average molecular weight is 953 g/mol. The number of piperidine rings is 1. The maximum atomic E-state index is 14.7. The number of carbonyl (C=O) groups is 9. The molecular weight excluding hydrogens is 889 g/mol. The summed E-state index contributed by atoms with van der Waals surface area (Å²) in [6, 6.07) is 1.78. The van der Waals surface area contributed by atoms with Crippen molar-refractivity contribution < 1.29 is 67.9 Å². The number of nitrogens with one attached hydrogen (secondary N) is 5. The largest absolute Gasteiger partial charge is 0.508 e. The number of aryl methyl sites for hydroxylation is 1. The average Bonchev–Trinajstić information content (AvgIpc) is 3.30. The zero-order valence-corrected chi connectivity index (χ0v) is 39.0. The number of methoxy groups -OCH3 is 1. The van der Waals surface area contributed by atoms with Gasteiger partial charge in [0.25, 0.3) is 0 Å². The van der Waals surface area contributed by atoms with Crippen LogP contribution >= 0.6 is 0 Å². The summed E-state index contributed by atoms with van der Waals surface area (Å²) in [5.74, 6) is -7.79. The topological polar surface area (TPSA) is 325 Å². The third-order valence-corrected chi connectivity index (χ3v) is 12.3. The number of cyclic esters (lactones) is 1. The second-order valence-electron chi connectivity index (χ2n) is 17.2. The molecule has 2 aromatic rings. The Bertz CT molecular complexity index is 2120. The van der Waals surface area contributed by atoms with Gasteiger partial charge < -0.3 is 66.9 Å². The van der Waals surface area contributed by atoms with E-state index in [0.717, 1.165) is 9.80 Å². The number of ether oxygens (including phenoxy) is 2. The number of likely N-dealkylation sites (N-methyl/N-ethyl adjacent to an activating group) is 1. The molecule has 2 heterocycles. The van der Waals surface area contributed by atoms with Gasteiger partial charge in [-0.3, -0.25) is 38.4 Å². The minimum atomic E-state index is -1.81. The maximum Gasteiger partial charge on any atom is 0.329 e. The Morgan fingerprint density at radius 3 is 2.18 bits per heavy atom. The van der Waals surface area contributed by atoms with Gasteiger partial charge >= 0.3 is 5.97 Å². The van der Waals surface area contributed by atoms with Crippen LogP contribution < -0.4 is 37.1 Å². The van der Waals surface area contributed by atoms with Gasteiger partial charge in [-0.1, -0.05) is 44.5 Å². The number of nitrogens with zero attached hydrogens (tertiary/aromatic N) is 2. The quantitative estimate of drug-likeness (QED) is 0.0677. The summed E-state index contributed by atoms with van der Waals surface area (Å²) in [6.07, 6.45) is -5.47. The van der Waals surface area contributed by atoms with Gasteiger partial charge in [0, 0.05) is 19.9 Å². The predicted octanol–water partition coefficient (Wildman–Crippen LogP) is -1.60. The molecule has 4 rings (SSSR count). The molecule has 0 aliphatic carbocycles. The number of amides is 8. The van der Waals surface area contributed by atoms with E-state index in [-0.39, 0.29) is 57.1 Å². The van der Waals surface area contributed by atoms with Crippen molar-refractivity contribution in [3.63, 3.8) is 0 Å². The van der Waals surface area contributed by atoms with E-state index in [2.05, 4.69) is 26.6 Å². The summed E-state index contributed by atoms with van der Waals surface area (Å²) < 4.78 is 11.1. The molecule has 2 aromatic carbocycles. The second kappa shape index (κ2) is 24.8. The first kappa shape index (κ1) is 53.8. The Balaban J connectivity index is 1.88. The number of nitrogens with two attached hydrogens (primary N) is 1. The number of aliphatic hydroxyl groups excluding tert-OH is 2. The Morgan fingerprint density at radius 1 is 0.941 bits per heavy atom. The minimum absolute atomic E-state index is 0.0299. The number of esters is 1. The Hall–Kier alpha value is -6.81. The zero-order valence-electron chi connectivity index (χ0n) is 39.0. The van der Waals surface area contributed by atoms with Crippen LogP contribution in [-0.4, -0.2) is 154 Å². The van der Waals surface area contributed by atoms with Crippen molar-refractivity contribution >= 4 is 53.7 Å². The van der Waals surface area contributed by atoms with Gasteiger partial charge in [0.05, 0.1) is 13.2 Å². The van der Waals surface area contributed by atoms with Crippen molar-refractivity contribution in [2.24, 2.45) is 11.7 Å². The lowest BCUT2D eigenvalue weighted by Crippen LogP contribution is -2.67. The van der Waals surface area contributed by atoms with Crippen LogP contribution in [0.25, 0.3) is 0 Å². The molecule has 10 N–H and O–H groups in total. The van der Waals surface area contributed by atoms with Crippen molar-refractivity contribution in [2.75, 3.05) is 14.2 Å². The van der Waals surface area contributed by atoms with E-state index in [9.17, 15) is 58.5 Å². The van der Waals surface area contributed by atoms with Gasteiger partial charge in [-0.25, -0.2) is 4.79 Å². The molecule has 8 amide bonds. The number of fused-ring (bicyclic) bond motifs is 2. The number of phenols is 1. The Morgan fingerprint density at radius 2 is 1.59 bits per heavy atom. The summed E-state index contributed by atoms with van der Waals surface area (Å²) in [5.41, 5.74) is 6.45. The first-order valence-corrected chi connectivity index (χ1v) is 22.5. The van der Waals surface area contributed by atoms with Gasteiger partial charge in [0.1, 0.15) is 66.1 Å². The van der Waals surface area contributed by atoms with E-state index < -0.39 is 114 Å². The molecule has 2 bridgehead atoms. The smallest absolute Gasteiger partial charge is 0.329 e. The summed E-state index contributed by atoms with van der Waals surface area (Å²) in [5, 5.41) is 45.0.